The summed E-state index contributed by atoms with van der Waals surface area (Å²) in [5.74, 6) is 4.78. The zero-order valence-electron chi connectivity index (χ0n) is 13.6. The van der Waals surface area contributed by atoms with Crippen molar-refractivity contribution in [2.75, 3.05) is 7.05 Å². The van der Waals surface area contributed by atoms with Gasteiger partial charge in [0, 0.05) is 6.04 Å². The molecule has 2 rings (SSSR count). The largest absolute Gasteiger partial charge is 0.316 e. The van der Waals surface area contributed by atoms with Crippen LogP contribution in [-0.4, -0.2) is 13.1 Å². The molecule has 19 heavy (non-hydrogen) atoms. The molecular formula is C18H35N. The molecule has 1 N–H and O–H groups in total. The number of nitrogens with one attached hydrogen (secondary N) is 1. The Morgan fingerprint density at radius 2 is 1.68 bits per heavy atom. The predicted molar refractivity (Wildman–Crippen MR) is 84.3 cm³/mol. The molecule has 1 heteroatoms. The van der Waals surface area contributed by atoms with Gasteiger partial charge in [0.1, 0.15) is 0 Å². The van der Waals surface area contributed by atoms with E-state index in [0.717, 1.165) is 35.6 Å². The monoisotopic (exact) mass is 265 g/mol. The highest BCUT2D eigenvalue weighted by atomic mass is 14.9. The summed E-state index contributed by atoms with van der Waals surface area (Å²) >= 11 is 0. The summed E-state index contributed by atoms with van der Waals surface area (Å²) in [6, 6.07) is 0.796. The van der Waals surface area contributed by atoms with Crippen LogP contribution in [0.25, 0.3) is 0 Å². The molecule has 112 valence electrons. The van der Waals surface area contributed by atoms with Crippen LogP contribution in [0.1, 0.15) is 72.1 Å². The Labute approximate surface area is 120 Å². The van der Waals surface area contributed by atoms with Gasteiger partial charge in [0.25, 0.3) is 0 Å². The first kappa shape index (κ1) is 15.4. The van der Waals surface area contributed by atoms with Crippen molar-refractivity contribution in [1.82, 2.24) is 5.32 Å². The van der Waals surface area contributed by atoms with Crippen molar-refractivity contribution in [1.29, 1.82) is 0 Å². The van der Waals surface area contributed by atoms with Crippen LogP contribution in [0.4, 0.5) is 0 Å². The molecule has 0 aromatic heterocycles. The van der Waals surface area contributed by atoms with E-state index in [0.29, 0.717) is 0 Å². The minimum atomic E-state index is 0.796. The summed E-state index contributed by atoms with van der Waals surface area (Å²) in [5.41, 5.74) is 0. The van der Waals surface area contributed by atoms with Crippen LogP contribution in [-0.2, 0) is 0 Å². The zero-order valence-corrected chi connectivity index (χ0v) is 13.6. The molecule has 0 aliphatic heterocycles. The van der Waals surface area contributed by atoms with Crippen LogP contribution in [0.15, 0.2) is 0 Å². The minimum Gasteiger partial charge on any atom is -0.316 e. The van der Waals surface area contributed by atoms with Gasteiger partial charge in [-0.15, -0.1) is 0 Å². The highest BCUT2D eigenvalue weighted by Gasteiger charge is 2.35. The second kappa shape index (κ2) is 7.11. The molecule has 0 aromatic carbocycles. The lowest BCUT2D eigenvalue weighted by Crippen LogP contribution is -2.44. The summed E-state index contributed by atoms with van der Waals surface area (Å²) in [4.78, 5) is 0. The summed E-state index contributed by atoms with van der Waals surface area (Å²) in [5, 5.41) is 3.72. The van der Waals surface area contributed by atoms with Gasteiger partial charge in [0.2, 0.25) is 0 Å². The Morgan fingerprint density at radius 3 is 2.32 bits per heavy atom. The van der Waals surface area contributed by atoms with Crippen LogP contribution in [0.5, 0.6) is 0 Å². The maximum Gasteiger partial charge on any atom is 0.0121 e. The SMILES string of the molecule is CCC1CCCC(C(NC)C2CCC(C)C(C)C2)C1. The first-order valence-corrected chi connectivity index (χ1v) is 8.82. The van der Waals surface area contributed by atoms with Crippen LogP contribution in [0.3, 0.4) is 0 Å². The van der Waals surface area contributed by atoms with Gasteiger partial charge in [0.05, 0.1) is 0 Å². The number of hydrogen-bond acceptors (Lipinski definition) is 1. The molecule has 0 amide bonds. The zero-order chi connectivity index (χ0) is 13.8. The Kier molecular flexibility index (Phi) is 5.74. The summed E-state index contributed by atoms with van der Waals surface area (Å²) in [6.07, 6.45) is 11.7. The molecule has 2 saturated carbocycles. The molecule has 0 bridgehead atoms. The number of rotatable bonds is 4. The molecule has 2 aliphatic carbocycles. The molecular weight excluding hydrogens is 230 g/mol. The molecule has 0 aromatic rings. The van der Waals surface area contributed by atoms with E-state index in [-0.39, 0.29) is 0 Å². The van der Waals surface area contributed by atoms with Crippen LogP contribution >= 0.6 is 0 Å². The van der Waals surface area contributed by atoms with E-state index in [9.17, 15) is 0 Å². The average Bonchev–Trinajstić information content (AvgIpc) is 2.44. The van der Waals surface area contributed by atoms with E-state index in [1.807, 2.05) is 0 Å². The molecule has 0 radical (unpaired) electrons. The summed E-state index contributed by atoms with van der Waals surface area (Å²) in [7, 11) is 2.21. The summed E-state index contributed by atoms with van der Waals surface area (Å²) in [6.45, 7) is 7.30. The van der Waals surface area contributed by atoms with Gasteiger partial charge in [-0.3, -0.25) is 0 Å². The third-order valence-corrected chi connectivity index (χ3v) is 6.39. The maximum absolute atomic E-state index is 3.72. The fourth-order valence-corrected chi connectivity index (χ4v) is 4.80. The first-order valence-electron chi connectivity index (χ1n) is 8.82. The van der Waals surface area contributed by atoms with E-state index in [2.05, 4.69) is 33.1 Å². The molecule has 1 nitrogen and oxygen atoms in total. The topological polar surface area (TPSA) is 12.0 Å². The highest BCUT2D eigenvalue weighted by molar-refractivity contribution is 4.89. The molecule has 0 spiro atoms. The predicted octanol–water partition coefficient (Wildman–Crippen LogP) is 4.86. The van der Waals surface area contributed by atoms with Crippen molar-refractivity contribution in [2.24, 2.45) is 29.6 Å². The van der Waals surface area contributed by atoms with Gasteiger partial charge >= 0.3 is 0 Å². The van der Waals surface area contributed by atoms with Gasteiger partial charge in [0.15, 0.2) is 0 Å². The van der Waals surface area contributed by atoms with Crippen molar-refractivity contribution in [3.63, 3.8) is 0 Å². The van der Waals surface area contributed by atoms with Crippen molar-refractivity contribution in [3.05, 3.63) is 0 Å². The van der Waals surface area contributed by atoms with Gasteiger partial charge in [-0.05, 0) is 62.3 Å². The van der Waals surface area contributed by atoms with E-state index < -0.39 is 0 Å². The fourth-order valence-electron chi connectivity index (χ4n) is 4.80. The number of hydrogen-bond donors (Lipinski definition) is 1. The van der Waals surface area contributed by atoms with Crippen LogP contribution < -0.4 is 5.32 Å². The molecule has 6 atom stereocenters. The molecule has 0 heterocycles. The Morgan fingerprint density at radius 1 is 0.947 bits per heavy atom. The van der Waals surface area contributed by atoms with Gasteiger partial charge < -0.3 is 5.32 Å². The molecule has 2 fully saturated rings. The fraction of sp³-hybridized carbons (Fsp3) is 1.00. The lowest BCUT2D eigenvalue weighted by atomic mass is 9.67. The van der Waals surface area contributed by atoms with E-state index in [4.69, 9.17) is 0 Å². The quantitative estimate of drug-likeness (QED) is 0.765. The van der Waals surface area contributed by atoms with E-state index >= 15 is 0 Å². The van der Waals surface area contributed by atoms with Crippen molar-refractivity contribution < 1.29 is 0 Å². The third-order valence-electron chi connectivity index (χ3n) is 6.39. The first-order chi connectivity index (χ1) is 9.15. The molecule has 0 saturated heterocycles. The Hall–Kier alpha value is -0.0400. The summed E-state index contributed by atoms with van der Waals surface area (Å²) < 4.78 is 0. The van der Waals surface area contributed by atoms with Gasteiger partial charge in [-0.2, -0.15) is 0 Å². The van der Waals surface area contributed by atoms with Crippen molar-refractivity contribution in [2.45, 2.75) is 78.2 Å². The lowest BCUT2D eigenvalue weighted by Gasteiger charge is -2.42. The molecule has 2 aliphatic rings. The minimum absolute atomic E-state index is 0.796. The molecule has 6 unspecified atom stereocenters. The van der Waals surface area contributed by atoms with Crippen molar-refractivity contribution in [3.8, 4) is 0 Å². The Bertz CT molecular complexity index is 256. The van der Waals surface area contributed by atoms with Crippen LogP contribution in [0.2, 0.25) is 0 Å². The highest BCUT2D eigenvalue weighted by Crippen LogP contribution is 2.41. The van der Waals surface area contributed by atoms with E-state index in [1.165, 1.54) is 51.4 Å². The van der Waals surface area contributed by atoms with Crippen molar-refractivity contribution >= 4 is 0 Å². The van der Waals surface area contributed by atoms with E-state index in [1.54, 1.807) is 0 Å². The van der Waals surface area contributed by atoms with Crippen LogP contribution in [0, 0.1) is 29.6 Å². The van der Waals surface area contributed by atoms with Gasteiger partial charge in [-0.1, -0.05) is 46.5 Å². The second-order valence-corrected chi connectivity index (χ2v) is 7.54. The average molecular weight is 265 g/mol. The standard InChI is InChI=1S/C18H35N/c1-5-15-7-6-8-16(12-15)18(19-4)17-10-9-13(2)14(3)11-17/h13-19H,5-12H2,1-4H3. The normalized spacial score (nSPS) is 42.0. The smallest absolute Gasteiger partial charge is 0.0121 e. The second-order valence-electron chi connectivity index (χ2n) is 7.54. The van der Waals surface area contributed by atoms with Gasteiger partial charge in [-0.25, -0.2) is 0 Å². The lowest BCUT2D eigenvalue weighted by molar-refractivity contribution is 0.114. The maximum atomic E-state index is 3.72. The Balaban J connectivity index is 1.95. The third kappa shape index (κ3) is 3.74.